The molecule has 2 nitrogen and oxygen atoms in total. The molecule has 0 unspecified atom stereocenters. The second kappa shape index (κ2) is 6.61. The van der Waals surface area contributed by atoms with Crippen LogP contribution in [0.3, 0.4) is 0 Å². The molecule has 0 bridgehead atoms. The van der Waals surface area contributed by atoms with E-state index >= 15 is 0 Å². The molecule has 21 heavy (non-hydrogen) atoms. The Hall–Kier alpha value is -2.03. The van der Waals surface area contributed by atoms with Gasteiger partial charge in [-0.1, -0.05) is 38.1 Å². The number of rotatable bonds is 5. The molecule has 0 heterocycles. The van der Waals surface area contributed by atoms with Crippen molar-refractivity contribution >= 4 is 0 Å². The van der Waals surface area contributed by atoms with E-state index in [1.165, 1.54) is 12.7 Å². The maximum absolute atomic E-state index is 14.1. The Labute approximate surface area is 125 Å². The zero-order valence-corrected chi connectivity index (χ0v) is 12.9. The van der Waals surface area contributed by atoms with Crippen LogP contribution in [0.5, 0.6) is 11.5 Å². The molecular weight excluding hydrogens is 267 g/mol. The molecule has 0 aliphatic carbocycles. The molecule has 0 aliphatic heterocycles. The lowest BCUT2D eigenvalue weighted by atomic mass is 10.0. The number of hydrogen-bond donors (Lipinski definition) is 0. The molecule has 0 fully saturated rings. The van der Waals surface area contributed by atoms with Crippen LogP contribution in [-0.2, 0) is 6.61 Å². The van der Waals surface area contributed by atoms with Gasteiger partial charge in [0.1, 0.15) is 12.4 Å². The van der Waals surface area contributed by atoms with Crippen LogP contribution in [-0.4, -0.2) is 7.11 Å². The van der Waals surface area contributed by atoms with Crippen LogP contribution in [0, 0.1) is 12.7 Å². The Morgan fingerprint density at radius 3 is 2.52 bits per heavy atom. The fraction of sp³-hybridized carbons (Fsp3) is 0.333. The monoisotopic (exact) mass is 288 g/mol. The molecule has 0 radical (unpaired) electrons. The predicted molar refractivity (Wildman–Crippen MR) is 82.6 cm³/mol. The van der Waals surface area contributed by atoms with Gasteiger partial charge in [0.25, 0.3) is 0 Å². The highest BCUT2D eigenvalue weighted by Gasteiger charge is 2.10. The van der Waals surface area contributed by atoms with Crippen LogP contribution in [0.15, 0.2) is 36.4 Å². The molecule has 2 aromatic rings. The van der Waals surface area contributed by atoms with Crippen molar-refractivity contribution in [3.8, 4) is 11.5 Å². The maximum Gasteiger partial charge on any atom is 0.171 e. The third kappa shape index (κ3) is 3.54. The Kier molecular flexibility index (Phi) is 4.84. The number of ether oxygens (including phenoxy) is 2. The summed E-state index contributed by atoms with van der Waals surface area (Å²) in [6.07, 6.45) is 0. The first-order chi connectivity index (χ1) is 10.0. The summed E-state index contributed by atoms with van der Waals surface area (Å²) in [5.41, 5.74) is 2.74. The summed E-state index contributed by atoms with van der Waals surface area (Å²) in [5, 5.41) is 0. The van der Waals surface area contributed by atoms with Crippen molar-refractivity contribution in [3.05, 3.63) is 58.9 Å². The highest BCUT2D eigenvalue weighted by atomic mass is 19.1. The minimum atomic E-state index is -0.363. The summed E-state index contributed by atoms with van der Waals surface area (Å²) in [6, 6.07) is 11.2. The lowest BCUT2D eigenvalue weighted by Crippen LogP contribution is -2.02. The lowest BCUT2D eigenvalue weighted by Gasteiger charge is -2.14. The highest BCUT2D eigenvalue weighted by Crippen LogP contribution is 2.26. The third-order valence-electron chi connectivity index (χ3n) is 3.53. The van der Waals surface area contributed by atoms with Gasteiger partial charge in [-0.2, -0.15) is 0 Å². The summed E-state index contributed by atoms with van der Waals surface area (Å²) >= 11 is 0. The van der Waals surface area contributed by atoms with Crippen LogP contribution in [0.1, 0.15) is 36.5 Å². The molecule has 0 saturated heterocycles. The Balaban J connectivity index is 2.18. The minimum absolute atomic E-state index is 0.186. The van der Waals surface area contributed by atoms with Gasteiger partial charge in [0.2, 0.25) is 0 Å². The third-order valence-corrected chi connectivity index (χ3v) is 3.53. The van der Waals surface area contributed by atoms with E-state index in [0.29, 0.717) is 11.5 Å². The zero-order chi connectivity index (χ0) is 15.4. The van der Waals surface area contributed by atoms with Crippen LogP contribution >= 0.6 is 0 Å². The quantitative estimate of drug-likeness (QED) is 0.783. The second-order valence-corrected chi connectivity index (χ2v) is 5.40. The zero-order valence-electron chi connectivity index (χ0n) is 12.9. The van der Waals surface area contributed by atoms with Gasteiger partial charge in [0.15, 0.2) is 11.6 Å². The molecule has 0 N–H and O–H groups in total. The first kappa shape index (κ1) is 15.4. The minimum Gasteiger partial charge on any atom is -0.494 e. The average Bonchev–Trinajstić information content (AvgIpc) is 2.47. The molecule has 3 heteroatoms. The van der Waals surface area contributed by atoms with E-state index in [-0.39, 0.29) is 18.2 Å². The smallest absolute Gasteiger partial charge is 0.171 e. The molecular formula is C18H21FO2. The van der Waals surface area contributed by atoms with Crippen LogP contribution in [0.4, 0.5) is 4.39 Å². The van der Waals surface area contributed by atoms with E-state index in [1.54, 1.807) is 18.2 Å². The molecule has 0 saturated carbocycles. The van der Waals surface area contributed by atoms with Crippen molar-refractivity contribution in [1.82, 2.24) is 0 Å². The number of methoxy groups -OCH3 is 1. The lowest BCUT2D eigenvalue weighted by molar-refractivity contribution is 0.293. The van der Waals surface area contributed by atoms with E-state index < -0.39 is 0 Å². The summed E-state index contributed by atoms with van der Waals surface area (Å²) < 4.78 is 24.9. The van der Waals surface area contributed by atoms with E-state index in [9.17, 15) is 4.39 Å². The second-order valence-electron chi connectivity index (χ2n) is 5.40. The fourth-order valence-corrected chi connectivity index (χ4v) is 2.11. The van der Waals surface area contributed by atoms with Gasteiger partial charge in [0, 0.05) is 5.56 Å². The van der Waals surface area contributed by atoms with Gasteiger partial charge in [-0.3, -0.25) is 0 Å². The fourth-order valence-electron chi connectivity index (χ4n) is 2.11. The van der Waals surface area contributed by atoms with Crippen molar-refractivity contribution in [2.75, 3.05) is 7.11 Å². The molecule has 0 atom stereocenters. The van der Waals surface area contributed by atoms with Crippen molar-refractivity contribution in [2.24, 2.45) is 0 Å². The Bertz CT molecular complexity index is 621. The van der Waals surface area contributed by atoms with Gasteiger partial charge in [-0.25, -0.2) is 4.39 Å². The van der Waals surface area contributed by atoms with E-state index in [1.807, 2.05) is 19.1 Å². The number of halogens is 1. The van der Waals surface area contributed by atoms with E-state index in [0.717, 1.165) is 11.3 Å². The molecule has 0 spiro atoms. The highest BCUT2D eigenvalue weighted by molar-refractivity contribution is 5.38. The van der Waals surface area contributed by atoms with Gasteiger partial charge >= 0.3 is 0 Å². The Morgan fingerprint density at radius 1 is 1.10 bits per heavy atom. The average molecular weight is 288 g/mol. The van der Waals surface area contributed by atoms with Crippen molar-refractivity contribution < 1.29 is 13.9 Å². The van der Waals surface area contributed by atoms with Gasteiger partial charge < -0.3 is 9.47 Å². The molecule has 0 aliphatic rings. The predicted octanol–water partition coefficient (Wildman–Crippen LogP) is 4.85. The van der Waals surface area contributed by atoms with Gasteiger partial charge in [0.05, 0.1) is 7.11 Å². The standard InChI is InChI=1S/C18H21FO2/c1-12(2)14-9-8-13(3)17(10-14)21-11-15-6-5-7-16(20-4)18(15)19/h5-10,12H,11H2,1-4H3. The molecule has 0 aromatic heterocycles. The summed E-state index contributed by atoms with van der Waals surface area (Å²) in [7, 11) is 1.46. The topological polar surface area (TPSA) is 18.5 Å². The maximum atomic E-state index is 14.1. The number of hydrogen-bond acceptors (Lipinski definition) is 2. The van der Waals surface area contributed by atoms with Crippen molar-refractivity contribution in [2.45, 2.75) is 33.3 Å². The SMILES string of the molecule is COc1cccc(COc2cc(C(C)C)ccc2C)c1F. The van der Waals surface area contributed by atoms with Gasteiger partial charge in [-0.15, -0.1) is 0 Å². The largest absolute Gasteiger partial charge is 0.494 e. The van der Waals surface area contributed by atoms with Crippen LogP contribution in [0.2, 0.25) is 0 Å². The Morgan fingerprint density at radius 2 is 1.86 bits per heavy atom. The summed E-state index contributed by atoms with van der Waals surface area (Å²) in [4.78, 5) is 0. The first-order valence-corrected chi connectivity index (χ1v) is 7.07. The normalized spacial score (nSPS) is 10.8. The summed E-state index contributed by atoms with van der Waals surface area (Å²) in [6.45, 7) is 6.44. The first-order valence-electron chi connectivity index (χ1n) is 7.07. The summed E-state index contributed by atoms with van der Waals surface area (Å²) in [5.74, 6) is 1.10. The van der Waals surface area contributed by atoms with Crippen molar-refractivity contribution in [1.29, 1.82) is 0 Å². The number of aryl methyl sites for hydroxylation is 1. The van der Waals surface area contributed by atoms with Crippen LogP contribution in [0.25, 0.3) is 0 Å². The van der Waals surface area contributed by atoms with E-state index in [2.05, 4.69) is 19.9 Å². The number of benzene rings is 2. The van der Waals surface area contributed by atoms with E-state index in [4.69, 9.17) is 9.47 Å². The molecule has 2 rings (SSSR count). The molecule has 2 aromatic carbocycles. The van der Waals surface area contributed by atoms with Gasteiger partial charge in [-0.05, 0) is 36.1 Å². The van der Waals surface area contributed by atoms with Crippen molar-refractivity contribution in [3.63, 3.8) is 0 Å². The van der Waals surface area contributed by atoms with Crippen LogP contribution < -0.4 is 9.47 Å². The molecule has 112 valence electrons. The molecule has 0 amide bonds.